The van der Waals surface area contributed by atoms with Crippen molar-refractivity contribution in [2.45, 2.75) is 77.8 Å². The van der Waals surface area contributed by atoms with Crippen molar-refractivity contribution in [3.8, 4) is 0 Å². The summed E-state index contributed by atoms with van der Waals surface area (Å²) in [7, 11) is 0. The van der Waals surface area contributed by atoms with Crippen molar-refractivity contribution in [1.29, 1.82) is 0 Å². The molecule has 1 saturated heterocycles. The molecule has 0 aromatic heterocycles. The van der Waals surface area contributed by atoms with Crippen LogP contribution in [0.1, 0.15) is 65.7 Å². The van der Waals surface area contributed by atoms with E-state index in [2.05, 4.69) is 10.6 Å². The summed E-state index contributed by atoms with van der Waals surface area (Å²) in [6.07, 6.45) is 6.34. The number of ether oxygens (including phenoxy) is 1. The van der Waals surface area contributed by atoms with Gasteiger partial charge in [0.15, 0.2) is 0 Å². The largest absolute Gasteiger partial charge is 0.450 e. The number of hydrogen-bond acceptors (Lipinski definition) is 4. The van der Waals surface area contributed by atoms with Crippen LogP contribution in [-0.4, -0.2) is 54.6 Å². The average Bonchev–Trinajstić information content (AvgIpc) is 2.67. The fourth-order valence-corrected chi connectivity index (χ4v) is 3.88. The Labute approximate surface area is 162 Å². The van der Waals surface area contributed by atoms with E-state index in [9.17, 15) is 14.4 Å². The quantitative estimate of drug-likeness (QED) is 0.740. The second kappa shape index (κ2) is 10.5. The predicted molar refractivity (Wildman–Crippen MR) is 103 cm³/mol. The lowest BCUT2D eigenvalue weighted by molar-refractivity contribution is -0.133. The van der Waals surface area contributed by atoms with E-state index in [1.165, 1.54) is 6.42 Å². The highest BCUT2D eigenvalue weighted by molar-refractivity contribution is 5.88. The summed E-state index contributed by atoms with van der Waals surface area (Å²) in [6, 6.07) is -0.487. The third-order valence-corrected chi connectivity index (χ3v) is 5.59. The molecule has 2 rings (SSSR count). The van der Waals surface area contributed by atoms with Gasteiger partial charge in [-0.3, -0.25) is 9.59 Å². The smallest absolute Gasteiger partial charge is 0.409 e. The van der Waals surface area contributed by atoms with Crippen molar-refractivity contribution in [3.63, 3.8) is 0 Å². The van der Waals surface area contributed by atoms with Crippen molar-refractivity contribution >= 4 is 17.9 Å². The molecule has 7 nitrogen and oxygen atoms in total. The van der Waals surface area contributed by atoms with E-state index in [1.807, 2.05) is 13.8 Å². The second-order valence-electron chi connectivity index (χ2n) is 8.03. The highest BCUT2D eigenvalue weighted by Gasteiger charge is 2.31. The molecule has 0 radical (unpaired) electrons. The molecule has 1 saturated carbocycles. The molecule has 2 fully saturated rings. The second-order valence-corrected chi connectivity index (χ2v) is 8.03. The summed E-state index contributed by atoms with van der Waals surface area (Å²) in [5.74, 6) is -0.0396. The van der Waals surface area contributed by atoms with E-state index >= 15 is 0 Å². The van der Waals surface area contributed by atoms with Crippen molar-refractivity contribution in [3.05, 3.63) is 0 Å². The molecule has 0 bridgehead atoms. The molecule has 2 aliphatic rings. The highest BCUT2D eigenvalue weighted by Crippen LogP contribution is 2.24. The standard InChI is InChI=1S/C20H35N3O4/c1-4-27-20(26)23-12-10-16(11-13-23)21-19(25)17(14(2)3)22-18(24)15-8-6-5-7-9-15/h14-17H,4-13H2,1-3H3,(H,21,25)(H,22,24)/t17-/m0/s1. The number of carbonyl (C=O) groups is 3. The Kier molecular flexibility index (Phi) is 8.38. The summed E-state index contributed by atoms with van der Waals surface area (Å²) >= 11 is 0. The van der Waals surface area contributed by atoms with Crippen LogP contribution in [0.4, 0.5) is 4.79 Å². The summed E-state index contributed by atoms with van der Waals surface area (Å²) in [4.78, 5) is 38.7. The van der Waals surface area contributed by atoms with Crippen LogP contribution >= 0.6 is 0 Å². The van der Waals surface area contributed by atoms with Gasteiger partial charge in [0.2, 0.25) is 11.8 Å². The molecule has 1 heterocycles. The number of amides is 3. The lowest BCUT2D eigenvalue weighted by Crippen LogP contribution is -2.55. The van der Waals surface area contributed by atoms with Gasteiger partial charge >= 0.3 is 6.09 Å². The van der Waals surface area contributed by atoms with Gasteiger partial charge in [0.25, 0.3) is 0 Å². The monoisotopic (exact) mass is 381 g/mol. The minimum atomic E-state index is -0.512. The van der Waals surface area contributed by atoms with Crippen LogP contribution < -0.4 is 10.6 Å². The Morgan fingerprint density at radius 3 is 2.22 bits per heavy atom. The van der Waals surface area contributed by atoms with Crippen LogP contribution in [0.15, 0.2) is 0 Å². The summed E-state index contributed by atoms with van der Waals surface area (Å²) in [6.45, 7) is 7.21. The minimum absolute atomic E-state index is 0.0145. The normalized spacial score (nSPS) is 20.2. The third kappa shape index (κ3) is 6.40. The van der Waals surface area contributed by atoms with Crippen LogP contribution in [0.3, 0.4) is 0 Å². The van der Waals surface area contributed by atoms with E-state index < -0.39 is 6.04 Å². The number of nitrogens with one attached hydrogen (secondary N) is 2. The Balaban J connectivity index is 1.82. The number of hydrogen-bond donors (Lipinski definition) is 2. The third-order valence-electron chi connectivity index (χ3n) is 5.59. The number of piperidine rings is 1. The van der Waals surface area contributed by atoms with Crippen molar-refractivity contribution < 1.29 is 19.1 Å². The number of likely N-dealkylation sites (tertiary alicyclic amines) is 1. The van der Waals surface area contributed by atoms with E-state index in [1.54, 1.807) is 11.8 Å². The van der Waals surface area contributed by atoms with Crippen LogP contribution in [0, 0.1) is 11.8 Å². The first-order valence-electron chi connectivity index (χ1n) is 10.4. The van der Waals surface area contributed by atoms with E-state index in [0.717, 1.165) is 25.7 Å². The SMILES string of the molecule is CCOC(=O)N1CCC(NC(=O)[C@@H](NC(=O)C2CCCCC2)C(C)C)CC1. The predicted octanol–water partition coefficient (Wildman–Crippen LogP) is 2.44. The Bertz CT molecular complexity index is 509. The van der Waals surface area contributed by atoms with Gasteiger partial charge < -0.3 is 20.3 Å². The summed E-state index contributed by atoms with van der Waals surface area (Å²) < 4.78 is 5.02. The molecule has 0 spiro atoms. The molecule has 0 aromatic carbocycles. The van der Waals surface area contributed by atoms with Gasteiger partial charge in [-0.05, 0) is 38.5 Å². The van der Waals surface area contributed by atoms with Gasteiger partial charge in [-0.1, -0.05) is 33.1 Å². The molecule has 0 aromatic rings. The van der Waals surface area contributed by atoms with E-state index in [0.29, 0.717) is 32.5 Å². The van der Waals surface area contributed by atoms with Crippen molar-refractivity contribution in [1.82, 2.24) is 15.5 Å². The van der Waals surface area contributed by atoms with Gasteiger partial charge in [-0.2, -0.15) is 0 Å². The molecule has 0 unspecified atom stereocenters. The first-order chi connectivity index (χ1) is 12.9. The molecule has 2 N–H and O–H groups in total. The number of rotatable bonds is 6. The van der Waals surface area contributed by atoms with Crippen LogP contribution in [0.5, 0.6) is 0 Å². The van der Waals surface area contributed by atoms with Gasteiger partial charge in [0.1, 0.15) is 6.04 Å². The van der Waals surface area contributed by atoms with E-state index in [-0.39, 0.29) is 35.8 Å². The first kappa shape index (κ1) is 21.5. The molecule has 27 heavy (non-hydrogen) atoms. The number of nitrogens with zero attached hydrogens (tertiary/aromatic N) is 1. The first-order valence-corrected chi connectivity index (χ1v) is 10.4. The highest BCUT2D eigenvalue weighted by atomic mass is 16.6. The molecular formula is C20H35N3O4. The van der Waals surface area contributed by atoms with Gasteiger partial charge in [0.05, 0.1) is 6.61 Å². The molecule has 7 heteroatoms. The summed E-state index contributed by atoms with van der Waals surface area (Å²) in [5.41, 5.74) is 0. The average molecular weight is 382 g/mol. The van der Waals surface area contributed by atoms with Gasteiger partial charge in [-0.25, -0.2) is 4.79 Å². The fraction of sp³-hybridized carbons (Fsp3) is 0.850. The zero-order valence-electron chi connectivity index (χ0n) is 17.0. The lowest BCUT2D eigenvalue weighted by atomic mass is 9.88. The maximum atomic E-state index is 12.8. The molecule has 3 amide bonds. The van der Waals surface area contributed by atoms with Gasteiger partial charge in [0, 0.05) is 25.0 Å². The van der Waals surface area contributed by atoms with E-state index in [4.69, 9.17) is 4.74 Å². The van der Waals surface area contributed by atoms with Crippen LogP contribution in [-0.2, 0) is 14.3 Å². The number of carbonyl (C=O) groups excluding carboxylic acids is 3. The molecule has 1 aliphatic heterocycles. The molecular weight excluding hydrogens is 346 g/mol. The van der Waals surface area contributed by atoms with Crippen LogP contribution in [0.25, 0.3) is 0 Å². The maximum Gasteiger partial charge on any atom is 0.409 e. The molecule has 1 aliphatic carbocycles. The topological polar surface area (TPSA) is 87.7 Å². The summed E-state index contributed by atoms with van der Waals surface area (Å²) in [5, 5.41) is 6.05. The Morgan fingerprint density at radius 2 is 1.67 bits per heavy atom. The van der Waals surface area contributed by atoms with Crippen LogP contribution in [0.2, 0.25) is 0 Å². The molecule has 1 atom stereocenters. The Hall–Kier alpha value is -1.79. The minimum Gasteiger partial charge on any atom is -0.450 e. The Morgan fingerprint density at radius 1 is 1.04 bits per heavy atom. The van der Waals surface area contributed by atoms with Crippen molar-refractivity contribution in [2.75, 3.05) is 19.7 Å². The maximum absolute atomic E-state index is 12.8. The lowest BCUT2D eigenvalue weighted by Gasteiger charge is -2.33. The van der Waals surface area contributed by atoms with Crippen molar-refractivity contribution in [2.24, 2.45) is 11.8 Å². The zero-order valence-corrected chi connectivity index (χ0v) is 17.0. The zero-order chi connectivity index (χ0) is 19.8. The van der Waals surface area contributed by atoms with Gasteiger partial charge in [-0.15, -0.1) is 0 Å². The molecule has 154 valence electrons. The fourth-order valence-electron chi connectivity index (χ4n) is 3.88.